The Bertz CT molecular complexity index is 484. The Balaban J connectivity index is 0.000000411. The third-order valence-corrected chi connectivity index (χ3v) is 3.07. The molecule has 0 saturated carbocycles. The molecule has 0 bridgehead atoms. The molecule has 0 atom stereocenters. The molecule has 7 heteroatoms. The highest BCUT2D eigenvalue weighted by atomic mass is 127. The van der Waals surface area contributed by atoms with Crippen LogP contribution in [0.3, 0.4) is 0 Å². The van der Waals surface area contributed by atoms with Crippen LogP contribution >= 0.6 is 45.2 Å². The van der Waals surface area contributed by atoms with E-state index in [-0.39, 0.29) is 16.9 Å². The van der Waals surface area contributed by atoms with Gasteiger partial charge in [0.15, 0.2) is 0 Å². The quantitative estimate of drug-likeness (QED) is 0.451. The van der Waals surface area contributed by atoms with Crippen molar-refractivity contribution in [1.29, 1.82) is 0 Å². The molecule has 0 radical (unpaired) electrons. The van der Waals surface area contributed by atoms with E-state index in [1.807, 2.05) is 45.2 Å². The smallest absolute Gasteiger partial charge is 0.339 e. The molecular weight excluding hydrogens is 466 g/mol. The normalized spacial score (nSPS) is 9.06. The second-order valence-electron chi connectivity index (χ2n) is 3.17. The van der Waals surface area contributed by atoms with E-state index >= 15 is 0 Å². The number of halogens is 2. The van der Waals surface area contributed by atoms with Gasteiger partial charge >= 0.3 is 11.9 Å². The van der Waals surface area contributed by atoms with Crippen LogP contribution < -0.4 is 0 Å². The minimum absolute atomic E-state index is 0.0497. The summed E-state index contributed by atoms with van der Waals surface area (Å²) in [6, 6.07) is 3.14. The molecule has 1 rings (SSSR count). The summed E-state index contributed by atoms with van der Waals surface area (Å²) in [5, 5.41) is 25.8. The number of phenols is 1. The van der Waals surface area contributed by atoms with Gasteiger partial charge in [-0.2, -0.15) is 0 Å². The molecule has 0 amide bonds. The van der Waals surface area contributed by atoms with Crippen molar-refractivity contribution in [2.75, 3.05) is 0 Å². The number of aromatic carboxylic acids is 1. The number of aromatic hydroxyl groups is 1. The van der Waals surface area contributed by atoms with E-state index in [4.69, 9.17) is 10.2 Å². The lowest BCUT2D eigenvalue weighted by Gasteiger charge is -2.02. The Hall–Kier alpha value is -0.840. The summed E-state index contributed by atoms with van der Waals surface area (Å²) in [4.78, 5) is 20.2. The van der Waals surface area contributed by atoms with E-state index < -0.39 is 11.9 Å². The van der Waals surface area contributed by atoms with Crippen molar-refractivity contribution in [2.45, 2.75) is 6.92 Å². The summed E-state index contributed by atoms with van der Waals surface area (Å²) < 4.78 is 1.35. The molecular formula is C11H10I2O5. The van der Waals surface area contributed by atoms with E-state index in [9.17, 15) is 14.7 Å². The molecule has 18 heavy (non-hydrogen) atoms. The number of aliphatic carboxylic acids is 1. The fourth-order valence-electron chi connectivity index (χ4n) is 0.729. The highest BCUT2D eigenvalue weighted by molar-refractivity contribution is 14.1. The van der Waals surface area contributed by atoms with Gasteiger partial charge in [0.25, 0.3) is 0 Å². The molecule has 1 aromatic rings. The van der Waals surface area contributed by atoms with Crippen molar-refractivity contribution >= 4 is 57.1 Å². The number of rotatable bonds is 2. The van der Waals surface area contributed by atoms with Gasteiger partial charge in [-0.1, -0.05) is 6.58 Å². The van der Waals surface area contributed by atoms with Gasteiger partial charge in [0.2, 0.25) is 0 Å². The first-order valence-electron chi connectivity index (χ1n) is 4.47. The van der Waals surface area contributed by atoms with Crippen molar-refractivity contribution in [3.8, 4) is 5.75 Å². The maximum absolute atomic E-state index is 10.6. The summed E-state index contributed by atoms with van der Waals surface area (Å²) in [6.07, 6.45) is 0. The van der Waals surface area contributed by atoms with E-state index in [1.54, 1.807) is 6.07 Å². The Labute approximate surface area is 131 Å². The number of benzene rings is 1. The van der Waals surface area contributed by atoms with E-state index in [1.165, 1.54) is 13.0 Å². The van der Waals surface area contributed by atoms with Crippen molar-refractivity contribution in [3.63, 3.8) is 0 Å². The third kappa shape index (κ3) is 5.67. The van der Waals surface area contributed by atoms with Crippen LogP contribution in [0.1, 0.15) is 17.3 Å². The molecule has 0 aromatic heterocycles. The molecule has 0 fully saturated rings. The van der Waals surface area contributed by atoms with Gasteiger partial charge in [-0.15, -0.1) is 0 Å². The Morgan fingerprint density at radius 3 is 2.00 bits per heavy atom. The molecule has 0 spiro atoms. The molecule has 0 heterocycles. The summed E-state index contributed by atoms with van der Waals surface area (Å²) >= 11 is 3.89. The number of carboxylic acid groups (broad SMARTS) is 2. The molecule has 5 nitrogen and oxygen atoms in total. The molecule has 0 aliphatic heterocycles. The molecule has 0 aliphatic carbocycles. The van der Waals surface area contributed by atoms with Gasteiger partial charge in [-0.25, -0.2) is 9.59 Å². The Morgan fingerprint density at radius 2 is 1.67 bits per heavy atom. The van der Waals surface area contributed by atoms with Crippen LogP contribution in [0.4, 0.5) is 0 Å². The van der Waals surface area contributed by atoms with E-state index in [2.05, 4.69) is 6.58 Å². The first-order valence-corrected chi connectivity index (χ1v) is 6.62. The molecule has 0 unspecified atom stereocenters. The van der Waals surface area contributed by atoms with Gasteiger partial charge in [0.05, 0.1) is 3.57 Å². The average molecular weight is 476 g/mol. The van der Waals surface area contributed by atoms with Gasteiger partial charge in [0.1, 0.15) is 11.3 Å². The van der Waals surface area contributed by atoms with Crippen molar-refractivity contribution in [3.05, 3.63) is 37.0 Å². The largest absolute Gasteiger partial charge is 0.506 e. The number of carboxylic acids is 2. The number of hydrogen-bond donors (Lipinski definition) is 3. The van der Waals surface area contributed by atoms with Gasteiger partial charge in [0, 0.05) is 9.14 Å². The SMILES string of the molecule is C=C(C)C(=O)O.O=C(O)c1cc(I)cc(I)c1O. The standard InChI is InChI=1S/C7H4I2O3.C4H6O2/c8-3-1-4(7(11)12)6(10)5(9)2-3;1-3(2)4(5)6/h1-2,10H,(H,11,12);1H2,2H3,(H,5,6). The minimum atomic E-state index is -1.11. The summed E-state index contributed by atoms with van der Waals surface area (Å²) in [7, 11) is 0. The van der Waals surface area contributed by atoms with Crippen LogP contribution in [0.25, 0.3) is 0 Å². The zero-order valence-electron chi connectivity index (χ0n) is 9.28. The van der Waals surface area contributed by atoms with Crippen LogP contribution in [0, 0.1) is 7.14 Å². The Kier molecular flexibility index (Phi) is 7.21. The second-order valence-corrected chi connectivity index (χ2v) is 5.58. The lowest BCUT2D eigenvalue weighted by Crippen LogP contribution is -1.98. The number of hydrogen-bond acceptors (Lipinski definition) is 3. The maximum atomic E-state index is 10.6. The third-order valence-electron chi connectivity index (χ3n) is 1.62. The van der Waals surface area contributed by atoms with Crippen LogP contribution in [0.5, 0.6) is 5.75 Å². The lowest BCUT2D eigenvalue weighted by atomic mass is 10.2. The highest BCUT2D eigenvalue weighted by Crippen LogP contribution is 2.26. The van der Waals surface area contributed by atoms with E-state index in [0.717, 1.165) is 3.57 Å². The van der Waals surface area contributed by atoms with Crippen molar-refractivity contribution in [2.24, 2.45) is 0 Å². The summed E-state index contributed by atoms with van der Waals surface area (Å²) in [5.74, 6) is -2.21. The predicted molar refractivity (Wildman–Crippen MR) is 82.9 cm³/mol. The Morgan fingerprint density at radius 1 is 1.22 bits per heavy atom. The molecule has 0 aliphatic rings. The fraction of sp³-hybridized carbons (Fsp3) is 0.0909. The maximum Gasteiger partial charge on any atom is 0.339 e. The van der Waals surface area contributed by atoms with Crippen LogP contribution in [-0.4, -0.2) is 27.3 Å². The van der Waals surface area contributed by atoms with Crippen molar-refractivity contribution < 1.29 is 24.9 Å². The predicted octanol–water partition coefficient (Wildman–Crippen LogP) is 2.95. The topological polar surface area (TPSA) is 94.8 Å². The minimum Gasteiger partial charge on any atom is -0.506 e. The molecule has 3 N–H and O–H groups in total. The average Bonchev–Trinajstić information content (AvgIpc) is 2.23. The van der Waals surface area contributed by atoms with Gasteiger partial charge < -0.3 is 15.3 Å². The van der Waals surface area contributed by atoms with Crippen LogP contribution in [0.15, 0.2) is 24.3 Å². The number of carbonyl (C=O) groups is 2. The first kappa shape index (κ1) is 17.2. The zero-order valence-corrected chi connectivity index (χ0v) is 13.6. The summed E-state index contributed by atoms with van der Waals surface area (Å²) in [5.41, 5.74) is 0.126. The van der Waals surface area contributed by atoms with Crippen LogP contribution in [-0.2, 0) is 4.79 Å². The van der Waals surface area contributed by atoms with Crippen LogP contribution in [0.2, 0.25) is 0 Å². The molecule has 0 saturated heterocycles. The van der Waals surface area contributed by atoms with Crippen molar-refractivity contribution in [1.82, 2.24) is 0 Å². The first-order chi connectivity index (χ1) is 8.16. The molecule has 98 valence electrons. The fourth-order valence-corrected chi connectivity index (χ4v) is 2.57. The van der Waals surface area contributed by atoms with Gasteiger partial charge in [-0.3, -0.25) is 0 Å². The van der Waals surface area contributed by atoms with E-state index in [0.29, 0.717) is 3.57 Å². The highest BCUT2D eigenvalue weighted by Gasteiger charge is 2.12. The molecule has 1 aromatic carbocycles. The van der Waals surface area contributed by atoms with Gasteiger partial charge in [-0.05, 0) is 64.2 Å². The zero-order chi connectivity index (χ0) is 14.5. The lowest BCUT2D eigenvalue weighted by molar-refractivity contribution is -0.132. The monoisotopic (exact) mass is 476 g/mol. The second kappa shape index (κ2) is 7.56. The summed E-state index contributed by atoms with van der Waals surface area (Å²) in [6.45, 7) is 4.60.